The Morgan fingerprint density at radius 3 is 2.71 bits per heavy atom. The van der Waals surface area contributed by atoms with Gasteiger partial charge in [0.1, 0.15) is 6.04 Å². The molecule has 6 nitrogen and oxygen atoms in total. The SMILES string of the molecule is Cc1ccsc1CN1CC(NS(C)(=O)=O)C(=O)NC2(CCCC2)C1. The topological polar surface area (TPSA) is 78.5 Å². The second kappa shape index (κ2) is 6.74. The Morgan fingerprint density at radius 2 is 2.12 bits per heavy atom. The molecule has 2 N–H and O–H groups in total. The molecule has 134 valence electrons. The van der Waals surface area contributed by atoms with E-state index >= 15 is 0 Å². The smallest absolute Gasteiger partial charge is 0.239 e. The summed E-state index contributed by atoms with van der Waals surface area (Å²) in [6, 6.07) is 1.36. The number of sulfonamides is 1. The van der Waals surface area contributed by atoms with E-state index in [-0.39, 0.29) is 11.4 Å². The maximum atomic E-state index is 12.6. The van der Waals surface area contributed by atoms with Crippen molar-refractivity contribution in [1.82, 2.24) is 14.9 Å². The van der Waals surface area contributed by atoms with E-state index in [4.69, 9.17) is 0 Å². The van der Waals surface area contributed by atoms with Crippen molar-refractivity contribution in [3.63, 3.8) is 0 Å². The van der Waals surface area contributed by atoms with Crippen molar-refractivity contribution in [2.45, 2.75) is 50.7 Å². The highest BCUT2D eigenvalue weighted by Crippen LogP contribution is 2.33. The van der Waals surface area contributed by atoms with Crippen LogP contribution in [0.25, 0.3) is 0 Å². The predicted octanol–water partition coefficient (Wildman–Crippen LogP) is 1.22. The number of rotatable bonds is 4. The number of nitrogens with one attached hydrogen (secondary N) is 2. The van der Waals surface area contributed by atoms with E-state index < -0.39 is 16.1 Å². The highest BCUT2D eigenvalue weighted by Gasteiger charge is 2.42. The van der Waals surface area contributed by atoms with E-state index in [0.29, 0.717) is 6.54 Å². The van der Waals surface area contributed by atoms with E-state index in [9.17, 15) is 13.2 Å². The summed E-state index contributed by atoms with van der Waals surface area (Å²) in [6.07, 6.45) is 5.24. The van der Waals surface area contributed by atoms with Crippen LogP contribution in [-0.2, 0) is 21.4 Å². The van der Waals surface area contributed by atoms with Crippen LogP contribution in [0, 0.1) is 6.92 Å². The number of amides is 1. The second-order valence-electron chi connectivity index (χ2n) is 7.12. The molecule has 1 saturated heterocycles. The zero-order valence-electron chi connectivity index (χ0n) is 14.2. The molecule has 1 aliphatic heterocycles. The number of thiophene rings is 1. The average molecular weight is 372 g/mol. The standard InChI is InChI=1S/C16H25N3O3S2/c1-12-5-8-23-14(12)10-19-9-13(18-24(2,21)22)15(20)17-16(11-19)6-3-4-7-16/h5,8,13,18H,3-4,6-7,9-11H2,1-2H3,(H,17,20). The monoisotopic (exact) mass is 371 g/mol. The molecule has 1 atom stereocenters. The third kappa shape index (κ3) is 4.17. The lowest BCUT2D eigenvalue weighted by Gasteiger charge is -2.32. The molecule has 2 fully saturated rings. The number of nitrogens with zero attached hydrogens (tertiary/aromatic N) is 1. The molecule has 1 aromatic rings. The Morgan fingerprint density at radius 1 is 1.42 bits per heavy atom. The molecule has 0 radical (unpaired) electrons. The van der Waals surface area contributed by atoms with Gasteiger partial charge in [-0.05, 0) is 36.8 Å². The van der Waals surface area contributed by atoms with E-state index in [1.807, 2.05) is 0 Å². The molecule has 1 unspecified atom stereocenters. The van der Waals surface area contributed by atoms with Crippen LogP contribution in [0.2, 0.25) is 0 Å². The van der Waals surface area contributed by atoms with Gasteiger partial charge in [0.05, 0.1) is 11.8 Å². The number of carbonyl (C=O) groups is 1. The van der Waals surface area contributed by atoms with E-state index in [2.05, 4.69) is 33.3 Å². The molecular weight excluding hydrogens is 346 g/mol. The number of carbonyl (C=O) groups excluding carboxylic acids is 1. The van der Waals surface area contributed by atoms with Crippen molar-refractivity contribution in [3.8, 4) is 0 Å². The molecule has 3 rings (SSSR count). The van der Waals surface area contributed by atoms with Crippen LogP contribution in [-0.4, -0.2) is 50.2 Å². The molecule has 1 saturated carbocycles. The lowest BCUT2D eigenvalue weighted by molar-refractivity contribution is -0.123. The Bertz CT molecular complexity index is 708. The first-order chi connectivity index (χ1) is 11.3. The molecule has 2 aliphatic rings. The quantitative estimate of drug-likeness (QED) is 0.834. The minimum atomic E-state index is -3.44. The minimum absolute atomic E-state index is 0.201. The Balaban J connectivity index is 1.84. The molecule has 24 heavy (non-hydrogen) atoms. The average Bonchev–Trinajstić information content (AvgIpc) is 3.04. The van der Waals surface area contributed by atoms with Gasteiger partial charge >= 0.3 is 0 Å². The Kier molecular flexibility index (Phi) is 5.01. The fraction of sp³-hybridized carbons (Fsp3) is 0.688. The number of aryl methyl sites for hydroxylation is 1. The zero-order valence-corrected chi connectivity index (χ0v) is 15.8. The molecule has 1 aromatic heterocycles. The maximum Gasteiger partial charge on any atom is 0.239 e. The van der Waals surface area contributed by atoms with Crippen molar-refractivity contribution in [3.05, 3.63) is 21.9 Å². The van der Waals surface area contributed by atoms with Crippen LogP contribution in [0.1, 0.15) is 36.1 Å². The van der Waals surface area contributed by atoms with Crippen molar-refractivity contribution in [2.24, 2.45) is 0 Å². The van der Waals surface area contributed by atoms with Crippen molar-refractivity contribution in [2.75, 3.05) is 19.3 Å². The van der Waals surface area contributed by atoms with Gasteiger partial charge in [-0.15, -0.1) is 11.3 Å². The second-order valence-corrected chi connectivity index (χ2v) is 9.90. The highest BCUT2D eigenvalue weighted by molar-refractivity contribution is 7.88. The molecule has 1 spiro atoms. The van der Waals surface area contributed by atoms with E-state index in [0.717, 1.165) is 45.0 Å². The van der Waals surface area contributed by atoms with Crippen LogP contribution in [0.4, 0.5) is 0 Å². The largest absolute Gasteiger partial charge is 0.348 e. The first-order valence-electron chi connectivity index (χ1n) is 8.31. The lowest BCUT2D eigenvalue weighted by Crippen LogP contribution is -2.54. The van der Waals surface area contributed by atoms with Gasteiger partial charge in [-0.25, -0.2) is 13.1 Å². The normalized spacial score (nSPS) is 24.9. The summed E-state index contributed by atoms with van der Waals surface area (Å²) in [7, 11) is -3.44. The van der Waals surface area contributed by atoms with E-state index in [1.54, 1.807) is 11.3 Å². The third-order valence-electron chi connectivity index (χ3n) is 4.92. The molecule has 8 heteroatoms. The van der Waals surface area contributed by atoms with Crippen molar-refractivity contribution in [1.29, 1.82) is 0 Å². The van der Waals surface area contributed by atoms with Gasteiger partial charge in [0.15, 0.2) is 0 Å². The Labute approximate surface area is 147 Å². The van der Waals surface area contributed by atoms with Gasteiger partial charge in [-0.3, -0.25) is 9.69 Å². The molecule has 1 aliphatic carbocycles. The van der Waals surface area contributed by atoms with Crippen LogP contribution >= 0.6 is 11.3 Å². The van der Waals surface area contributed by atoms with Crippen molar-refractivity contribution >= 4 is 27.3 Å². The summed E-state index contributed by atoms with van der Waals surface area (Å²) in [5.74, 6) is -0.201. The molecular formula is C16H25N3O3S2. The third-order valence-corrected chi connectivity index (χ3v) is 6.64. The number of hydrogen-bond acceptors (Lipinski definition) is 5. The summed E-state index contributed by atoms with van der Waals surface area (Å²) in [4.78, 5) is 16.1. The minimum Gasteiger partial charge on any atom is -0.348 e. The first-order valence-corrected chi connectivity index (χ1v) is 11.1. The maximum absolute atomic E-state index is 12.6. The molecule has 0 aromatic carbocycles. The lowest BCUT2D eigenvalue weighted by atomic mass is 9.97. The van der Waals surface area contributed by atoms with Gasteiger partial charge in [0.2, 0.25) is 15.9 Å². The summed E-state index contributed by atoms with van der Waals surface area (Å²) < 4.78 is 25.8. The van der Waals surface area contributed by atoms with Gasteiger partial charge in [-0.2, -0.15) is 0 Å². The van der Waals surface area contributed by atoms with Crippen LogP contribution < -0.4 is 10.0 Å². The van der Waals surface area contributed by atoms with Gasteiger partial charge in [-0.1, -0.05) is 12.8 Å². The van der Waals surface area contributed by atoms with E-state index in [1.165, 1.54) is 10.4 Å². The van der Waals surface area contributed by atoms with Crippen LogP contribution in [0.3, 0.4) is 0 Å². The summed E-state index contributed by atoms with van der Waals surface area (Å²) in [5.41, 5.74) is 1.03. The van der Waals surface area contributed by atoms with Gasteiger partial charge < -0.3 is 5.32 Å². The fourth-order valence-corrected chi connectivity index (χ4v) is 5.44. The fourth-order valence-electron chi connectivity index (χ4n) is 3.80. The summed E-state index contributed by atoms with van der Waals surface area (Å²) in [5, 5.41) is 5.22. The summed E-state index contributed by atoms with van der Waals surface area (Å²) >= 11 is 1.71. The Hall–Kier alpha value is -0.960. The molecule has 0 bridgehead atoms. The predicted molar refractivity (Wildman–Crippen MR) is 95.4 cm³/mol. The van der Waals surface area contributed by atoms with Crippen molar-refractivity contribution < 1.29 is 13.2 Å². The van der Waals surface area contributed by atoms with Crippen LogP contribution in [0.5, 0.6) is 0 Å². The van der Waals surface area contributed by atoms with Gasteiger partial charge in [0.25, 0.3) is 0 Å². The van der Waals surface area contributed by atoms with Crippen LogP contribution in [0.15, 0.2) is 11.4 Å². The first kappa shape index (κ1) is 17.8. The summed E-state index contributed by atoms with van der Waals surface area (Å²) in [6.45, 7) is 4.02. The number of hydrogen-bond donors (Lipinski definition) is 2. The van der Waals surface area contributed by atoms with Gasteiger partial charge in [0, 0.05) is 24.5 Å². The molecule has 2 heterocycles. The molecule has 1 amide bonds. The zero-order chi connectivity index (χ0) is 17.4. The highest BCUT2D eigenvalue weighted by atomic mass is 32.2.